The van der Waals surface area contributed by atoms with Crippen molar-refractivity contribution in [1.29, 1.82) is 0 Å². The Morgan fingerprint density at radius 1 is 1.27 bits per heavy atom. The second-order valence-electron chi connectivity index (χ2n) is 5.28. The number of para-hydroxylation sites is 1. The fourth-order valence-electron chi connectivity index (χ4n) is 2.51. The van der Waals surface area contributed by atoms with Crippen LogP contribution < -0.4 is 4.74 Å². The molecule has 0 spiro atoms. The highest BCUT2D eigenvalue weighted by Gasteiger charge is 2.23. The van der Waals surface area contributed by atoms with E-state index in [2.05, 4.69) is 0 Å². The van der Waals surface area contributed by atoms with E-state index < -0.39 is 16.7 Å². The van der Waals surface area contributed by atoms with Gasteiger partial charge in [0.25, 0.3) is 0 Å². The lowest BCUT2D eigenvalue weighted by Gasteiger charge is -2.07. The third-order valence-electron chi connectivity index (χ3n) is 3.65. The number of nitro groups is 1. The summed E-state index contributed by atoms with van der Waals surface area (Å²) in [7, 11) is 0. The van der Waals surface area contributed by atoms with Crippen LogP contribution in [0.3, 0.4) is 0 Å². The molecule has 0 unspecified atom stereocenters. The Morgan fingerprint density at radius 3 is 2.77 bits per heavy atom. The first-order valence-corrected chi connectivity index (χ1v) is 7.75. The minimum atomic E-state index is -0.673. The van der Waals surface area contributed by atoms with Crippen molar-refractivity contribution in [3.05, 3.63) is 69.7 Å². The van der Waals surface area contributed by atoms with Gasteiger partial charge in [0.1, 0.15) is 18.0 Å². The Labute approximate surface area is 147 Å². The van der Waals surface area contributed by atoms with Crippen molar-refractivity contribution < 1.29 is 28.0 Å². The van der Waals surface area contributed by atoms with Crippen molar-refractivity contribution in [1.82, 2.24) is 0 Å². The smallest absolute Gasteiger partial charge is 0.374 e. The fraction of sp³-hybridized carbons (Fsp3) is 0.167. The van der Waals surface area contributed by atoms with E-state index in [0.29, 0.717) is 16.5 Å². The maximum Gasteiger partial charge on any atom is 0.374 e. The molecule has 0 N–H and O–H groups in total. The van der Waals surface area contributed by atoms with Gasteiger partial charge in [0.15, 0.2) is 5.75 Å². The molecule has 7 nitrogen and oxygen atoms in total. The first-order chi connectivity index (χ1) is 12.5. The summed E-state index contributed by atoms with van der Waals surface area (Å²) >= 11 is 0. The van der Waals surface area contributed by atoms with Gasteiger partial charge in [-0.1, -0.05) is 18.2 Å². The maximum atomic E-state index is 13.4. The molecule has 1 heterocycles. The second kappa shape index (κ2) is 7.22. The predicted molar refractivity (Wildman–Crippen MR) is 89.6 cm³/mol. The summed E-state index contributed by atoms with van der Waals surface area (Å²) in [6.45, 7) is 1.59. The monoisotopic (exact) mass is 359 g/mol. The van der Waals surface area contributed by atoms with Crippen molar-refractivity contribution in [3.8, 4) is 5.75 Å². The molecule has 26 heavy (non-hydrogen) atoms. The standard InChI is InChI=1S/C18H14FNO6/c1-2-24-18(21)17-13(12-5-3-4-6-15(12)26-17)10-25-16-9-11(19)7-8-14(16)20(22)23/h3-9H,2,10H2,1H3. The molecule has 1 aromatic heterocycles. The van der Waals surface area contributed by atoms with E-state index in [1.807, 2.05) is 0 Å². The number of carbonyl (C=O) groups excluding carboxylic acids is 1. The lowest BCUT2D eigenvalue weighted by Crippen LogP contribution is -2.08. The molecule has 8 heteroatoms. The van der Waals surface area contributed by atoms with E-state index in [1.165, 1.54) is 0 Å². The Kier molecular flexibility index (Phi) is 4.83. The molecule has 0 amide bonds. The number of fused-ring (bicyclic) bond motifs is 1. The van der Waals surface area contributed by atoms with Gasteiger partial charge < -0.3 is 13.9 Å². The molecular formula is C18H14FNO6. The number of furan rings is 1. The largest absolute Gasteiger partial charge is 0.482 e. The number of carbonyl (C=O) groups is 1. The number of nitro benzene ring substituents is 1. The van der Waals surface area contributed by atoms with Crippen LogP contribution in [0.15, 0.2) is 46.9 Å². The number of ether oxygens (including phenoxy) is 2. The number of rotatable bonds is 6. The molecular weight excluding hydrogens is 345 g/mol. The topological polar surface area (TPSA) is 91.8 Å². The molecule has 0 aliphatic heterocycles. The summed E-state index contributed by atoms with van der Waals surface area (Å²) in [5, 5.41) is 11.7. The predicted octanol–water partition coefficient (Wildman–Crippen LogP) is 4.24. The second-order valence-corrected chi connectivity index (χ2v) is 5.28. The van der Waals surface area contributed by atoms with Gasteiger partial charge in [-0.2, -0.15) is 0 Å². The van der Waals surface area contributed by atoms with Crippen LogP contribution in [0.1, 0.15) is 23.0 Å². The lowest BCUT2D eigenvalue weighted by atomic mass is 10.1. The van der Waals surface area contributed by atoms with Gasteiger partial charge >= 0.3 is 11.7 Å². The van der Waals surface area contributed by atoms with E-state index >= 15 is 0 Å². The fourth-order valence-corrected chi connectivity index (χ4v) is 2.51. The van der Waals surface area contributed by atoms with Crippen LogP contribution in [0.25, 0.3) is 11.0 Å². The molecule has 0 radical (unpaired) electrons. The van der Waals surface area contributed by atoms with Crippen molar-refractivity contribution in [2.24, 2.45) is 0 Å². The number of benzene rings is 2. The first kappa shape index (κ1) is 17.4. The van der Waals surface area contributed by atoms with E-state index in [1.54, 1.807) is 31.2 Å². The molecule has 0 aliphatic carbocycles. The van der Waals surface area contributed by atoms with Crippen LogP contribution in [-0.2, 0) is 11.3 Å². The highest BCUT2D eigenvalue weighted by atomic mass is 19.1. The Hall–Kier alpha value is -3.42. The molecule has 0 aliphatic rings. The highest BCUT2D eigenvalue weighted by Crippen LogP contribution is 2.31. The Bertz CT molecular complexity index is 981. The summed E-state index contributed by atoms with van der Waals surface area (Å²) in [6.07, 6.45) is 0. The third-order valence-corrected chi connectivity index (χ3v) is 3.65. The van der Waals surface area contributed by atoms with Crippen LogP contribution in [0, 0.1) is 15.9 Å². The van der Waals surface area contributed by atoms with Gasteiger partial charge in [-0.15, -0.1) is 0 Å². The Balaban J connectivity index is 1.99. The van der Waals surface area contributed by atoms with Gasteiger partial charge in [0.05, 0.1) is 17.1 Å². The quantitative estimate of drug-likeness (QED) is 0.371. The first-order valence-electron chi connectivity index (χ1n) is 7.75. The van der Waals surface area contributed by atoms with Gasteiger partial charge in [-0.3, -0.25) is 10.1 Å². The number of hydrogen-bond acceptors (Lipinski definition) is 6. The van der Waals surface area contributed by atoms with Crippen LogP contribution >= 0.6 is 0 Å². The number of nitrogens with zero attached hydrogens (tertiary/aromatic N) is 1. The normalized spacial score (nSPS) is 10.7. The lowest BCUT2D eigenvalue weighted by molar-refractivity contribution is -0.386. The van der Waals surface area contributed by atoms with Crippen LogP contribution in [0.4, 0.5) is 10.1 Å². The molecule has 3 aromatic rings. The molecule has 3 rings (SSSR count). The minimum Gasteiger partial charge on any atom is -0.482 e. The van der Waals surface area contributed by atoms with Crippen molar-refractivity contribution >= 4 is 22.6 Å². The van der Waals surface area contributed by atoms with Crippen molar-refractivity contribution in [2.75, 3.05) is 6.61 Å². The maximum absolute atomic E-state index is 13.4. The zero-order valence-electron chi connectivity index (χ0n) is 13.7. The van der Waals surface area contributed by atoms with Gasteiger partial charge in [-0.05, 0) is 19.1 Å². The summed E-state index contributed by atoms with van der Waals surface area (Å²) in [5.74, 6) is -1.63. The molecule has 134 valence electrons. The zero-order chi connectivity index (χ0) is 18.7. The van der Waals surface area contributed by atoms with Crippen LogP contribution in [-0.4, -0.2) is 17.5 Å². The van der Waals surface area contributed by atoms with E-state index in [-0.39, 0.29) is 30.4 Å². The SMILES string of the molecule is CCOC(=O)c1oc2ccccc2c1COc1cc(F)ccc1[N+](=O)[O-]. The minimum absolute atomic E-state index is 0.0490. The average molecular weight is 359 g/mol. The summed E-state index contributed by atoms with van der Waals surface area (Å²) in [6, 6.07) is 9.80. The molecule has 0 saturated heterocycles. The van der Waals surface area contributed by atoms with E-state index in [0.717, 1.165) is 18.2 Å². The zero-order valence-corrected chi connectivity index (χ0v) is 13.7. The van der Waals surface area contributed by atoms with Crippen molar-refractivity contribution in [3.63, 3.8) is 0 Å². The molecule has 0 saturated carbocycles. The molecule has 0 bridgehead atoms. The molecule has 0 fully saturated rings. The summed E-state index contributed by atoms with van der Waals surface area (Å²) < 4.78 is 29.4. The van der Waals surface area contributed by atoms with Crippen molar-refractivity contribution in [2.45, 2.75) is 13.5 Å². The summed E-state index contributed by atoms with van der Waals surface area (Å²) in [4.78, 5) is 22.5. The third kappa shape index (κ3) is 3.34. The van der Waals surface area contributed by atoms with E-state index in [4.69, 9.17) is 13.9 Å². The van der Waals surface area contributed by atoms with Gasteiger partial charge in [0.2, 0.25) is 5.76 Å². The average Bonchev–Trinajstić information content (AvgIpc) is 2.98. The van der Waals surface area contributed by atoms with E-state index in [9.17, 15) is 19.3 Å². The number of halogens is 1. The molecule has 2 aromatic carbocycles. The number of esters is 1. The highest BCUT2D eigenvalue weighted by molar-refractivity contribution is 5.96. The van der Waals surface area contributed by atoms with Gasteiger partial charge in [0, 0.05) is 17.5 Å². The molecule has 0 atom stereocenters. The Morgan fingerprint density at radius 2 is 2.04 bits per heavy atom. The van der Waals surface area contributed by atoms with Gasteiger partial charge in [-0.25, -0.2) is 9.18 Å². The van der Waals surface area contributed by atoms with Crippen LogP contribution in [0.2, 0.25) is 0 Å². The van der Waals surface area contributed by atoms with Crippen LogP contribution in [0.5, 0.6) is 5.75 Å². The number of hydrogen-bond donors (Lipinski definition) is 0. The summed E-state index contributed by atoms with van der Waals surface area (Å²) in [5.41, 5.74) is 0.442.